The number of nitrogens with zero attached hydrogens (tertiary/aromatic N) is 1. The van der Waals surface area contributed by atoms with Crippen LogP contribution in [-0.2, 0) is 11.6 Å². The summed E-state index contributed by atoms with van der Waals surface area (Å²) in [6.07, 6.45) is 0.418. The van der Waals surface area contributed by atoms with Gasteiger partial charge in [-0.3, -0.25) is 0 Å². The van der Waals surface area contributed by atoms with E-state index in [1.54, 1.807) is 6.07 Å². The van der Waals surface area contributed by atoms with Gasteiger partial charge in [-0.05, 0) is 25.0 Å². The van der Waals surface area contributed by atoms with Crippen LogP contribution in [-0.4, -0.2) is 11.5 Å². The van der Waals surface area contributed by atoms with Crippen LogP contribution in [0.25, 0.3) is 0 Å². The van der Waals surface area contributed by atoms with Crippen LogP contribution in [0.3, 0.4) is 0 Å². The highest BCUT2D eigenvalue weighted by Crippen LogP contribution is 2.38. The van der Waals surface area contributed by atoms with Crippen LogP contribution < -0.4 is 5.73 Å². The highest BCUT2D eigenvalue weighted by Gasteiger charge is 2.37. The number of nitrogens with two attached hydrogens (primary N) is 1. The summed E-state index contributed by atoms with van der Waals surface area (Å²) in [4.78, 5) is 3.81. The lowest BCUT2D eigenvalue weighted by molar-refractivity contribution is -0.141. The molecule has 1 aliphatic carbocycles. The van der Waals surface area contributed by atoms with Gasteiger partial charge >= 0.3 is 6.18 Å². The molecule has 0 spiro atoms. The summed E-state index contributed by atoms with van der Waals surface area (Å²) in [5.74, 6) is 0. The molecule has 0 aliphatic heterocycles. The number of pyridine rings is 1. The molecule has 0 radical (unpaired) electrons. The van der Waals surface area contributed by atoms with E-state index in [0.29, 0.717) is 12.2 Å². The standard InChI is InChI=1S/C13H17F3N2/c14-13(15,16)11-6-4-5-10(18-11)12(9-17)7-2-1-3-8-12/h4-6H,1-3,7-9,17H2. The fourth-order valence-corrected chi connectivity index (χ4v) is 2.68. The third-order valence-electron chi connectivity index (χ3n) is 3.78. The summed E-state index contributed by atoms with van der Waals surface area (Å²) in [5, 5.41) is 0. The van der Waals surface area contributed by atoms with Gasteiger partial charge in [0.2, 0.25) is 0 Å². The van der Waals surface area contributed by atoms with E-state index in [2.05, 4.69) is 4.98 Å². The maximum absolute atomic E-state index is 12.7. The Bertz CT molecular complexity index is 409. The zero-order valence-electron chi connectivity index (χ0n) is 10.1. The zero-order chi connectivity index (χ0) is 13.2. The van der Waals surface area contributed by atoms with E-state index in [-0.39, 0.29) is 5.41 Å². The molecule has 0 atom stereocenters. The van der Waals surface area contributed by atoms with Crippen LogP contribution in [0, 0.1) is 0 Å². The van der Waals surface area contributed by atoms with Crippen molar-refractivity contribution in [1.82, 2.24) is 4.98 Å². The Morgan fingerprint density at radius 3 is 2.39 bits per heavy atom. The van der Waals surface area contributed by atoms with Gasteiger partial charge in [0.25, 0.3) is 0 Å². The maximum atomic E-state index is 12.7. The molecule has 0 unspecified atom stereocenters. The van der Waals surface area contributed by atoms with E-state index >= 15 is 0 Å². The van der Waals surface area contributed by atoms with E-state index in [0.717, 1.165) is 38.2 Å². The van der Waals surface area contributed by atoms with Gasteiger partial charge in [-0.25, -0.2) is 4.98 Å². The number of hydrogen-bond acceptors (Lipinski definition) is 2. The van der Waals surface area contributed by atoms with E-state index in [1.165, 1.54) is 6.07 Å². The van der Waals surface area contributed by atoms with Crippen molar-refractivity contribution in [1.29, 1.82) is 0 Å². The molecule has 0 saturated heterocycles. The van der Waals surface area contributed by atoms with Gasteiger partial charge in [-0.1, -0.05) is 25.3 Å². The number of rotatable bonds is 2. The minimum Gasteiger partial charge on any atom is -0.330 e. The molecule has 1 fully saturated rings. The second-order valence-corrected chi connectivity index (χ2v) is 4.95. The molecule has 1 aliphatic rings. The van der Waals surface area contributed by atoms with Gasteiger partial charge < -0.3 is 5.73 Å². The highest BCUT2D eigenvalue weighted by molar-refractivity contribution is 5.22. The molecule has 2 rings (SSSR count). The van der Waals surface area contributed by atoms with Gasteiger partial charge in [0, 0.05) is 17.7 Å². The topological polar surface area (TPSA) is 38.9 Å². The lowest BCUT2D eigenvalue weighted by atomic mass is 9.71. The Hall–Kier alpha value is -1.10. The molecule has 100 valence electrons. The van der Waals surface area contributed by atoms with Crippen molar-refractivity contribution in [2.24, 2.45) is 5.73 Å². The van der Waals surface area contributed by atoms with E-state index in [4.69, 9.17) is 5.73 Å². The Balaban J connectivity index is 2.37. The number of hydrogen-bond donors (Lipinski definition) is 1. The maximum Gasteiger partial charge on any atom is 0.433 e. The molecule has 0 bridgehead atoms. The Morgan fingerprint density at radius 2 is 1.83 bits per heavy atom. The summed E-state index contributed by atoms with van der Waals surface area (Å²) >= 11 is 0. The summed E-state index contributed by atoms with van der Waals surface area (Å²) < 4.78 is 38.0. The Kier molecular flexibility index (Phi) is 3.61. The summed E-state index contributed by atoms with van der Waals surface area (Å²) in [7, 11) is 0. The summed E-state index contributed by atoms with van der Waals surface area (Å²) in [6.45, 7) is 0.362. The number of halogens is 3. The van der Waals surface area contributed by atoms with Crippen LogP contribution in [0.2, 0.25) is 0 Å². The van der Waals surface area contributed by atoms with Crippen molar-refractivity contribution in [2.45, 2.75) is 43.7 Å². The predicted octanol–water partition coefficient (Wildman–Crippen LogP) is 3.26. The van der Waals surface area contributed by atoms with Crippen molar-refractivity contribution in [3.8, 4) is 0 Å². The summed E-state index contributed by atoms with van der Waals surface area (Å²) in [6, 6.07) is 4.11. The minimum absolute atomic E-state index is 0.362. The van der Waals surface area contributed by atoms with Crippen LogP contribution >= 0.6 is 0 Å². The van der Waals surface area contributed by atoms with Gasteiger partial charge in [0.1, 0.15) is 5.69 Å². The average Bonchev–Trinajstić information content (AvgIpc) is 2.39. The van der Waals surface area contributed by atoms with Crippen LogP contribution in [0.4, 0.5) is 13.2 Å². The molecule has 18 heavy (non-hydrogen) atoms. The van der Waals surface area contributed by atoms with Crippen molar-refractivity contribution < 1.29 is 13.2 Å². The number of aromatic nitrogens is 1. The first-order valence-electron chi connectivity index (χ1n) is 6.23. The molecule has 0 amide bonds. The monoisotopic (exact) mass is 258 g/mol. The van der Waals surface area contributed by atoms with E-state index in [1.807, 2.05) is 0 Å². The molecule has 1 saturated carbocycles. The van der Waals surface area contributed by atoms with Crippen LogP contribution in [0.15, 0.2) is 18.2 Å². The third kappa shape index (κ3) is 2.51. The molecule has 1 heterocycles. The zero-order valence-corrected chi connectivity index (χ0v) is 10.1. The fraction of sp³-hybridized carbons (Fsp3) is 0.615. The van der Waals surface area contributed by atoms with Crippen molar-refractivity contribution in [3.05, 3.63) is 29.6 Å². The van der Waals surface area contributed by atoms with Gasteiger partial charge in [0.15, 0.2) is 0 Å². The minimum atomic E-state index is -4.39. The van der Waals surface area contributed by atoms with Gasteiger partial charge in [0.05, 0.1) is 0 Å². The second-order valence-electron chi connectivity index (χ2n) is 4.95. The van der Waals surface area contributed by atoms with Gasteiger partial charge in [-0.2, -0.15) is 13.2 Å². The third-order valence-corrected chi connectivity index (χ3v) is 3.78. The van der Waals surface area contributed by atoms with E-state index in [9.17, 15) is 13.2 Å². The van der Waals surface area contributed by atoms with Crippen LogP contribution in [0.1, 0.15) is 43.5 Å². The van der Waals surface area contributed by atoms with Crippen molar-refractivity contribution >= 4 is 0 Å². The average molecular weight is 258 g/mol. The Labute approximate surface area is 104 Å². The molecule has 5 heteroatoms. The van der Waals surface area contributed by atoms with Crippen LogP contribution in [0.5, 0.6) is 0 Å². The molecular weight excluding hydrogens is 241 g/mol. The quantitative estimate of drug-likeness (QED) is 0.884. The second kappa shape index (κ2) is 4.88. The normalized spacial score (nSPS) is 19.8. The largest absolute Gasteiger partial charge is 0.433 e. The van der Waals surface area contributed by atoms with Crippen molar-refractivity contribution in [2.75, 3.05) is 6.54 Å². The molecule has 0 aromatic carbocycles. The Morgan fingerprint density at radius 1 is 1.17 bits per heavy atom. The molecule has 2 nitrogen and oxygen atoms in total. The molecule has 2 N–H and O–H groups in total. The summed E-state index contributed by atoms with van der Waals surface area (Å²) in [5.41, 5.74) is 5.13. The van der Waals surface area contributed by atoms with E-state index < -0.39 is 11.9 Å². The lowest BCUT2D eigenvalue weighted by Gasteiger charge is -2.36. The fourth-order valence-electron chi connectivity index (χ4n) is 2.68. The first kappa shape index (κ1) is 13.3. The van der Waals surface area contributed by atoms with Crippen molar-refractivity contribution in [3.63, 3.8) is 0 Å². The predicted molar refractivity (Wildman–Crippen MR) is 63.1 cm³/mol. The first-order chi connectivity index (χ1) is 8.48. The smallest absolute Gasteiger partial charge is 0.330 e. The first-order valence-corrected chi connectivity index (χ1v) is 6.23. The highest BCUT2D eigenvalue weighted by atomic mass is 19.4. The number of alkyl halides is 3. The van der Waals surface area contributed by atoms with Gasteiger partial charge in [-0.15, -0.1) is 0 Å². The SMILES string of the molecule is NCC1(c2cccc(C(F)(F)F)n2)CCCCC1. The molecular formula is C13H17F3N2. The molecule has 1 aromatic heterocycles. The molecule has 1 aromatic rings. The lowest BCUT2D eigenvalue weighted by Crippen LogP contribution is -2.38.